The molecule has 126 valence electrons. The van der Waals surface area contributed by atoms with Gasteiger partial charge in [-0.15, -0.1) is 0 Å². The molecule has 0 radical (unpaired) electrons. The third-order valence-corrected chi connectivity index (χ3v) is 3.94. The number of hydrogen-bond acceptors (Lipinski definition) is 4. The van der Waals surface area contributed by atoms with Crippen molar-refractivity contribution >= 4 is 17.5 Å². The number of para-hydroxylation sites is 1. The Kier molecular flexibility index (Phi) is 4.95. The highest BCUT2D eigenvalue weighted by Gasteiger charge is 2.24. The Bertz CT molecular complexity index is 685. The molecule has 6 nitrogen and oxygen atoms in total. The van der Waals surface area contributed by atoms with Crippen LogP contribution < -0.4 is 15.1 Å². The maximum Gasteiger partial charge on any atom is 0.279 e. The van der Waals surface area contributed by atoms with Gasteiger partial charge in [0.05, 0.1) is 26.2 Å². The fraction of sp³-hybridized carbons (Fsp3) is 0.312. The summed E-state index contributed by atoms with van der Waals surface area (Å²) < 4.78 is 27.1. The smallest absolute Gasteiger partial charge is 0.279 e. The van der Waals surface area contributed by atoms with Gasteiger partial charge >= 0.3 is 0 Å². The first-order valence-electron chi connectivity index (χ1n) is 7.73. The standard InChI is InChI=1S/C16H17F2N5O/c17-12-3-1-4-13(18)15(12)21-14(24)11-22-7-9-23(10-8-22)16-19-5-2-6-20-16/h1-6H,7-11H2,(H,21,24)/p+1. The summed E-state index contributed by atoms with van der Waals surface area (Å²) in [4.78, 5) is 23.6. The lowest BCUT2D eigenvalue weighted by atomic mass is 10.2. The molecule has 2 aromatic rings. The molecule has 3 rings (SSSR count). The van der Waals surface area contributed by atoms with E-state index in [1.807, 2.05) is 0 Å². The largest absolute Gasteiger partial charge is 0.330 e. The van der Waals surface area contributed by atoms with Gasteiger partial charge < -0.3 is 15.1 Å². The van der Waals surface area contributed by atoms with Crippen LogP contribution in [0.3, 0.4) is 0 Å². The van der Waals surface area contributed by atoms with Gasteiger partial charge in [-0.3, -0.25) is 4.79 Å². The van der Waals surface area contributed by atoms with Crippen LogP contribution in [0.2, 0.25) is 0 Å². The van der Waals surface area contributed by atoms with Crippen molar-refractivity contribution in [1.29, 1.82) is 0 Å². The van der Waals surface area contributed by atoms with Crippen molar-refractivity contribution in [2.75, 3.05) is 42.9 Å². The van der Waals surface area contributed by atoms with E-state index in [-0.39, 0.29) is 6.54 Å². The van der Waals surface area contributed by atoms with Crippen LogP contribution in [0.25, 0.3) is 0 Å². The van der Waals surface area contributed by atoms with Crippen molar-refractivity contribution in [3.05, 3.63) is 48.3 Å². The lowest BCUT2D eigenvalue weighted by Crippen LogP contribution is -3.15. The van der Waals surface area contributed by atoms with E-state index in [0.717, 1.165) is 43.2 Å². The summed E-state index contributed by atoms with van der Waals surface area (Å²) in [5, 5.41) is 2.32. The van der Waals surface area contributed by atoms with Crippen molar-refractivity contribution in [3.63, 3.8) is 0 Å². The Hall–Kier alpha value is -2.61. The molecule has 0 atom stereocenters. The van der Waals surface area contributed by atoms with Gasteiger partial charge in [-0.05, 0) is 18.2 Å². The average molecular weight is 334 g/mol. The second kappa shape index (κ2) is 7.31. The van der Waals surface area contributed by atoms with Crippen LogP contribution in [0.5, 0.6) is 0 Å². The van der Waals surface area contributed by atoms with E-state index in [0.29, 0.717) is 5.95 Å². The first kappa shape index (κ1) is 16.3. The number of hydrogen-bond donors (Lipinski definition) is 2. The summed E-state index contributed by atoms with van der Waals surface area (Å²) in [6, 6.07) is 5.25. The van der Waals surface area contributed by atoms with Gasteiger partial charge in [0, 0.05) is 12.4 Å². The molecule has 0 bridgehead atoms. The molecule has 1 fully saturated rings. The molecular weight excluding hydrogens is 316 g/mol. The summed E-state index contributed by atoms with van der Waals surface area (Å²) >= 11 is 0. The number of carbonyl (C=O) groups excluding carboxylic acids is 1. The summed E-state index contributed by atoms with van der Waals surface area (Å²) in [7, 11) is 0. The zero-order valence-electron chi connectivity index (χ0n) is 13.0. The van der Waals surface area contributed by atoms with Gasteiger partial charge in [-0.25, -0.2) is 18.7 Å². The second-order valence-electron chi connectivity index (χ2n) is 5.61. The van der Waals surface area contributed by atoms with Gasteiger partial charge in [0.15, 0.2) is 6.54 Å². The zero-order valence-corrected chi connectivity index (χ0v) is 13.0. The van der Waals surface area contributed by atoms with E-state index < -0.39 is 23.2 Å². The van der Waals surface area contributed by atoms with E-state index in [1.54, 1.807) is 18.5 Å². The minimum absolute atomic E-state index is 0.164. The number of nitrogens with zero attached hydrogens (tertiary/aromatic N) is 3. The predicted molar refractivity (Wildman–Crippen MR) is 84.8 cm³/mol. The van der Waals surface area contributed by atoms with Crippen molar-refractivity contribution in [3.8, 4) is 0 Å². The van der Waals surface area contributed by atoms with Crippen LogP contribution in [0.1, 0.15) is 0 Å². The van der Waals surface area contributed by atoms with E-state index >= 15 is 0 Å². The van der Waals surface area contributed by atoms with Gasteiger partial charge in [0.2, 0.25) is 5.95 Å². The summed E-state index contributed by atoms with van der Waals surface area (Å²) in [6.45, 7) is 3.06. The first-order chi connectivity index (χ1) is 11.6. The van der Waals surface area contributed by atoms with Crippen molar-refractivity contribution in [1.82, 2.24) is 9.97 Å². The van der Waals surface area contributed by atoms with E-state index in [1.165, 1.54) is 6.07 Å². The first-order valence-corrected chi connectivity index (χ1v) is 7.73. The number of nitrogens with one attached hydrogen (secondary N) is 2. The Morgan fingerprint density at radius 3 is 2.38 bits per heavy atom. The maximum absolute atomic E-state index is 13.5. The molecule has 1 saturated heterocycles. The van der Waals surface area contributed by atoms with Crippen molar-refractivity contribution in [2.24, 2.45) is 0 Å². The van der Waals surface area contributed by atoms with E-state index in [9.17, 15) is 13.6 Å². The number of carbonyl (C=O) groups is 1. The topological polar surface area (TPSA) is 62.6 Å². The molecule has 8 heteroatoms. The van der Waals surface area contributed by atoms with Crippen LogP contribution in [-0.2, 0) is 4.79 Å². The molecule has 2 N–H and O–H groups in total. The third kappa shape index (κ3) is 3.83. The molecule has 0 saturated carbocycles. The fourth-order valence-electron chi connectivity index (χ4n) is 2.68. The molecule has 2 heterocycles. The molecule has 1 aromatic carbocycles. The Morgan fingerprint density at radius 1 is 1.12 bits per heavy atom. The number of rotatable bonds is 4. The van der Waals surface area contributed by atoms with Crippen molar-refractivity contribution < 1.29 is 18.5 Å². The Labute approximate surface area is 138 Å². The monoisotopic (exact) mass is 334 g/mol. The molecule has 0 aliphatic carbocycles. The molecule has 0 unspecified atom stereocenters. The highest BCUT2D eigenvalue weighted by Crippen LogP contribution is 2.17. The number of amides is 1. The number of benzene rings is 1. The maximum atomic E-state index is 13.5. The van der Waals surface area contributed by atoms with Gasteiger partial charge in [-0.1, -0.05) is 6.07 Å². The predicted octanol–water partition coefficient (Wildman–Crippen LogP) is 0.0984. The number of piperazine rings is 1. The SMILES string of the molecule is O=C(C[NH+]1CCN(c2ncccn2)CC1)Nc1c(F)cccc1F. The molecule has 0 spiro atoms. The minimum Gasteiger partial charge on any atom is -0.330 e. The van der Waals surface area contributed by atoms with Gasteiger partial charge in [0.25, 0.3) is 5.91 Å². The number of aromatic nitrogens is 2. The fourth-order valence-corrected chi connectivity index (χ4v) is 2.68. The molecular formula is C16H18F2N5O+. The van der Waals surface area contributed by atoms with Crippen molar-refractivity contribution in [2.45, 2.75) is 0 Å². The van der Waals surface area contributed by atoms with Crippen LogP contribution in [-0.4, -0.2) is 48.6 Å². The lowest BCUT2D eigenvalue weighted by Gasteiger charge is -2.31. The van der Waals surface area contributed by atoms with E-state index in [4.69, 9.17) is 0 Å². The Morgan fingerprint density at radius 2 is 1.75 bits per heavy atom. The highest BCUT2D eigenvalue weighted by molar-refractivity contribution is 5.91. The molecule has 1 aliphatic heterocycles. The van der Waals surface area contributed by atoms with Crippen LogP contribution in [0.15, 0.2) is 36.7 Å². The molecule has 24 heavy (non-hydrogen) atoms. The number of quaternary nitrogens is 1. The van der Waals surface area contributed by atoms with Crippen LogP contribution >= 0.6 is 0 Å². The third-order valence-electron chi connectivity index (χ3n) is 3.94. The van der Waals surface area contributed by atoms with E-state index in [2.05, 4.69) is 20.2 Å². The average Bonchev–Trinajstić information content (AvgIpc) is 2.60. The highest BCUT2D eigenvalue weighted by atomic mass is 19.1. The second-order valence-corrected chi connectivity index (χ2v) is 5.61. The summed E-state index contributed by atoms with van der Waals surface area (Å²) in [6.07, 6.45) is 3.38. The van der Waals surface area contributed by atoms with Crippen LogP contribution in [0, 0.1) is 11.6 Å². The van der Waals surface area contributed by atoms with Gasteiger partial charge in [0.1, 0.15) is 17.3 Å². The number of anilines is 2. The normalized spacial score (nSPS) is 15.3. The minimum atomic E-state index is -0.774. The number of halogens is 2. The molecule has 1 amide bonds. The lowest BCUT2D eigenvalue weighted by molar-refractivity contribution is -0.892. The Balaban J connectivity index is 1.52. The molecule has 1 aromatic heterocycles. The van der Waals surface area contributed by atoms with Crippen LogP contribution in [0.4, 0.5) is 20.4 Å². The quantitative estimate of drug-likeness (QED) is 0.832. The molecule has 1 aliphatic rings. The van der Waals surface area contributed by atoms with Gasteiger partial charge in [-0.2, -0.15) is 0 Å². The zero-order chi connectivity index (χ0) is 16.9. The summed E-state index contributed by atoms with van der Waals surface area (Å²) in [5.74, 6) is -1.28. The summed E-state index contributed by atoms with van der Waals surface area (Å²) in [5.41, 5.74) is -0.391.